The van der Waals surface area contributed by atoms with E-state index in [0.29, 0.717) is 48.8 Å². The van der Waals surface area contributed by atoms with Crippen molar-refractivity contribution in [3.05, 3.63) is 58.7 Å². The largest absolute Gasteiger partial charge is 0.399 e. The molecule has 1 aliphatic heterocycles. The summed E-state index contributed by atoms with van der Waals surface area (Å²) in [6, 6.07) is 10.6. The van der Waals surface area contributed by atoms with Crippen molar-refractivity contribution in [2.75, 3.05) is 37.4 Å². The molecule has 0 unspecified atom stereocenters. The van der Waals surface area contributed by atoms with Crippen LogP contribution in [0.15, 0.2) is 36.4 Å². The molecule has 1 saturated heterocycles. The Morgan fingerprint density at radius 1 is 1.07 bits per heavy atom. The maximum atomic E-state index is 12.8. The molecule has 0 atom stereocenters. The van der Waals surface area contributed by atoms with Gasteiger partial charge in [0.2, 0.25) is 0 Å². The number of rotatable bonds is 3. The zero-order chi connectivity index (χ0) is 18.7. The number of amides is 2. The van der Waals surface area contributed by atoms with Crippen LogP contribution in [-0.2, 0) is 4.74 Å². The average molecular weight is 390 g/mol. The lowest BCUT2D eigenvalue weighted by Crippen LogP contribution is -2.41. The Labute approximate surface area is 165 Å². The van der Waals surface area contributed by atoms with Crippen molar-refractivity contribution in [3.8, 4) is 0 Å². The normalized spacial score (nSPS) is 13.6. The molecule has 7 heteroatoms. The van der Waals surface area contributed by atoms with Crippen molar-refractivity contribution >= 4 is 35.6 Å². The second-order valence-electron chi connectivity index (χ2n) is 6.41. The highest BCUT2D eigenvalue weighted by Gasteiger charge is 2.21. The number of carbonyl (C=O) groups is 2. The average Bonchev–Trinajstić information content (AvgIpc) is 2.65. The topological polar surface area (TPSA) is 84.7 Å². The van der Waals surface area contributed by atoms with E-state index in [4.69, 9.17) is 10.5 Å². The highest BCUT2D eigenvalue weighted by Crippen LogP contribution is 2.22. The number of nitrogens with two attached hydrogens (primary N) is 1. The van der Waals surface area contributed by atoms with Gasteiger partial charge in [0, 0.05) is 35.6 Å². The van der Waals surface area contributed by atoms with Gasteiger partial charge >= 0.3 is 0 Å². The summed E-state index contributed by atoms with van der Waals surface area (Å²) < 4.78 is 5.30. The smallest absolute Gasteiger partial charge is 0.256 e. The highest BCUT2D eigenvalue weighted by atomic mass is 35.5. The van der Waals surface area contributed by atoms with Crippen LogP contribution in [0.25, 0.3) is 0 Å². The molecule has 2 amide bonds. The van der Waals surface area contributed by atoms with Gasteiger partial charge in [0.25, 0.3) is 11.8 Å². The van der Waals surface area contributed by atoms with Crippen LogP contribution in [0.2, 0.25) is 0 Å². The lowest BCUT2D eigenvalue weighted by Gasteiger charge is -2.27. The molecule has 1 fully saturated rings. The number of anilines is 2. The van der Waals surface area contributed by atoms with Gasteiger partial charge in [-0.1, -0.05) is 12.1 Å². The van der Waals surface area contributed by atoms with Gasteiger partial charge in [-0.15, -0.1) is 12.4 Å². The number of nitrogens with one attached hydrogen (secondary N) is 1. The molecule has 2 aromatic carbocycles. The van der Waals surface area contributed by atoms with Crippen molar-refractivity contribution < 1.29 is 14.3 Å². The predicted molar refractivity (Wildman–Crippen MR) is 109 cm³/mol. The van der Waals surface area contributed by atoms with E-state index in [0.717, 1.165) is 11.1 Å². The maximum absolute atomic E-state index is 12.8. The molecule has 0 bridgehead atoms. The number of ether oxygens (including phenoxy) is 1. The summed E-state index contributed by atoms with van der Waals surface area (Å²) in [4.78, 5) is 27.2. The fraction of sp³-hybridized carbons (Fsp3) is 0.300. The number of carbonyl (C=O) groups excluding carboxylic acids is 2. The van der Waals surface area contributed by atoms with Crippen molar-refractivity contribution in [2.24, 2.45) is 0 Å². The number of nitrogens with zero attached hydrogens (tertiary/aromatic N) is 1. The molecule has 1 heterocycles. The Hall–Kier alpha value is -2.57. The Balaban J connectivity index is 0.00000261. The van der Waals surface area contributed by atoms with E-state index < -0.39 is 0 Å². The maximum Gasteiger partial charge on any atom is 0.256 e. The van der Waals surface area contributed by atoms with Gasteiger partial charge in [0.05, 0.1) is 13.2 Å². The molecule has 0 saturated carbocycles. The molecular weight excluding hydrogens is 366 g/mol. The zero-order valence-electron chi connectivity index (χ0n) is 15.5. The number of benzene rings is 2. The molecular formula is C20H24ClN3O3. The Bertz CT molecular complexity index is 848. The van der Waals surface area contributed by atoms with Gasteiger partial charge in [-0.25, -0.2) is 0 Å². The molecule has 2 aromatic rings. The summed E-state index contributed by atoms with van der Waals surface area (Å²) in [5.41, 5.74) is 9.66. The number of hydrogen-bond donors (Lipinski definition) is 2. The third kappa shape index (κ3) is 4.59. The summed E-state index contributed by atoms with van der Waals surface area (Å²) >= 11 is 0. The molecule has 1 aliphatic rings. The van der Waals surface area contributed by atoms with Gasteiger partial charge in [-0.2, -0.15) is 0 Å². The monoisotopic (exact) mass is 389 g/mol. The van der Waals surface area contributed by atoms with Crippen LogP contribution in [0.1, 0.15) is 31.8 Å². The first-order chi connectivity index (χ1) is 12.5. The number of hydrogen-bond acceptors (Lipinski definition) is 4. The van der Waals surface area contributed by atoms with Crippen LogP contribution >= 0.6 is 12.4 Å². The lowest BCUT2D eigenvalue weighted by molar-refractivity contribution is 0.0302. The second-order valence-corrected chi connectivity index (χ2v) is 6.41. The van der Waals surface area contributed by atoms with Crippen LogP contribution < -0.4 is 11.1 Å². The molecule has 0 radical (unpaired) electrons. The van der Waals surface area contributed by atoms with E-state index in [-0.39, 0.29) is 24.2 Å². The number of halogens is 1. The summed E-state index contributed by atoms with van der Waals surface area (Å²) in [6.07, 6.45) is 0. The van der Waals surface area contributed by atoms with Gasteiger partial charge < -0.3 is 20.7 Å². The van der Waals surface area contributed by atoms with Gasteiger partial charge in [0.1, 0.15) is 0 Å². The zero-order valence-corrected chi connectivity index (χ0v) is 16.3. The number of nitrogen functional groups attached to an aromatic ring is 1. The molecule has 6 nitrogen and oxygen atoms in total. The predicted octanol–water partition coefficient (Wildman–Crippen LogP) is 3.03. The van der Waals surface area contributed by atoms with Crippen LogP contribution in [0, 0.1) is 13.8 Å². The first-order valence-electron chi connectivity index (χ1n) is 8.61. The lowest BCUT2D eigenvalue weighted by atomic mass is 10.0. The summed E-state index contributed by atoms with van der Waals surface area (Å²) in [6.45, 7) is 5.97. The molecule has 3 N–H and O–H groups in total. The molecule has 144 valence electrons. The van der Waals surface area contributed by atoms with Gasteiger partial charge in [0.15, 0.2) is 0 Å². The van der Waals surface area contributed by atoms with Crippen molar-refractivity contribution in [1.29, 1.82) is 0 Å². The second kappa shape index (κ2) is 8.88. The summed E-state index contributed by atoms with van der Waals surface area (Å²) in [5.74, 6) is -0.282. The fourth-order valence-electron chi connectivity index (χ4n) is 3.01. The standard InChI is InChI=1S/C20H23N3O3.ClH/c1-13-6-7-15(21)12-17(13)19(24)22-18-5-3-4-16(14(18)2)20(25)23-8-10-26-11-9-23;/h3-7,12H,8-11,21H2,1-2H3,(H,22,24);1H. The molecule has 0 spiro atoms. The van der Waals surface area contributed by atoms with Gasteiger partial charge in [-0.3, -0.25) is 9.59 Å². The van der Waals surface area contributed by atoms with Crippen LogP contribution in [-0.4, -0.2) is 43.0 Å². The van der Waals surface area contributed by atoms with Gasteiger partial charge in [-0.05, 0) is 49.2 Å². The molecule has 3 rings (SSSR count). The SMILES string of the molecule is Cc1ccc(N)cc1C(=O)Nc1cccc(C(=O)N2CCOCC2)c1C.Cl. The molecule has 0 aromatic heterocycles. The summed E-state index contributed by atoms with van der Waals surface area (Å²) in [5, 5.41) is 2.90. The number of morpholine rings is 1. The highest BCUT2D eigenvalue weighted by molar-refractivity contribution is 6.07. The Kier molecular flexibility index (Phi) is 6.82. The summed E-state index contributed by atoms with van der Waals surface area (Å²) in [7, 11) is 0. The minimum atomic E-state index is -0.242. The Morgan fingerprint density at radius 3 is 2.48 bits per heavy atom. The van der Waals surface area contributed by atoms with Crippen LogP contribution in [0.4, 0.5) is 11.4 Å². The Morgan fingerprint density at radius 2 is 1.78 bits per heavy atom. The van der Waals surface area contributed by atoms with E-state index in [1.54, 1.807) is 35.2 Å². The van der Waals surface area contributed by atoms with Crippen LogP contribution in [0.3, 0.4) is 0 Å². The number of aryl methyl sites for hydroxylation is 1. The fourth-order valence-corrected chi connectivity index (χ4v) is 3.01. The first-order valence-corrected chi connectivity index (χ1v) is 8.61. The quantitative estimate of drug-likeness (QED) is 0.790. The van der Waals surface area contributed by atoms with E-state index in [1.807, 2.05) is 19.9 Å². The third-order valence-corrected chi connectivity index (χ3v) is 4.62. The van der Waals surface area contributed by atoms with E-state index in [2.05, 4.69) is 5.32 Å². The van der Waals surface area contributed by atoms with E-state index in [1.165, 1.54) is 0 Å². The minimum absolute atomic E-state index is 0. The van der Waals surface area contributed by atoms with Crippen molar-refractivity contribution in [3.63, 3.8) is 0 Å². The minimum Gasteiger partial charge on any atom is -0.399 e. The van der Waals surface area contributed by atoms with Crippen LogP contribution in [0.5, 0.6) is 0 Å². The van der Waals surface area contributed by atoms with Crippen molar-refractivity contribution in [2.45, 2.75) is 13.8 Å². The van der Waals surface area contributed by atoms with Crippen molar-refractivity contribution in [1.82, 2.24) is 4.90 Å². The van der Waals surface area contributed by atoms with E-state index >= 15 is 0 Å². The third-order valence-electron chi connectivity index (χ3n) is 4.62. The molecule has 27 heavy (non-hydrogen) atoms. The van der Waals surface area contributed by atoms with E-state index in [9.17, 15) is 9.59 Å². The molecule has 0 aliphatic carbocycles. The first kappa shape index (κ1) is 20.7.